The molecule has 9 nitrogen and oxygen atoms in total. The summed E-state index contributed by atoms with van der Waals surface area (Å²) in [6.07, 6.45) is 3.30. The number of nitrogens with zero attached hydrogens (tertiary/aromatic N) is 4. The van der Waals surface area contributed by atoms with Gasteiger partial charge in [0.1, 0.15) is 17.6 Å². The van der Waals surface area contributed by atoms with E-state index in [0.717, 1.165) is 11.3 Å². The van der Waals surface area contributed by atoms with Crippen LogP contribution in [-0.2, 0) is 16.0 Å². The number of rotatable bonds is 9. The number of Topliss-reactive ketones (excluding diaryl/α,β-unsaturated/α-hetero) is 1. The molecule has 0 saturated carbocycles. The Kier molecular flexibility index (Phi) is 7.38. The highest BCUT2D eigenvalue weighted by atomic mass is 19.1. The van der Waals surface area contributed by atoms with Gasteiger partial charge in [-0.3, -0.25) is 14.4 Å². The van der Waals surface area contributed by atoms with Gasteiger partial charge in [-0.05, 0) is 42.0 Å². The quantitative estimate of drug-likeness (QED) is 0.341. The number of benzene rings is 2. The van der Waals surface area contributed by atoms with E-state index in [2.05, 4.69) is 15.4 Å². The van der Waals surface area contributed by atoms with Crippen LogP contribution in [0.3, 0.4) is 0 Å². The minimum Gasteiger partial charge on any atom is -0.375 e. The Bertz CT molecular complexity index is 1430. The summed E-state index contributed by atoms with van der Waals surface area (Å²) in [7, 11) is 3.67. The third-order valence-corrected chi connectivity index (χ3v) is 5.69. The number of carbonyl (C=O) groups is 3. The van der Waals surface area contributed by atoms with Gasteiger partial charge in [-0.1, -0.05) is 30.3 Å². The molecule has 0 aliphatic rings. The Labute approximate surface area is 212 Å². The number of carbonyl (C=O) groups excluding carboxylic acids is 3. The van der Waals surface area contributed by atoms with Crippen LogP contribution in [0, 0.1) is 5.82 Å². The molecule has 0 aliphatic carbocycles. The van der Waals surface area contributed by atoms with Crippen LogP contribution in [0.4, 0.5) is 10.1 Å². The first-order valence-electron chi connectivity index (χ1n) is 11.4. The molecule has 2 aromatic carbocycles. The van der Waals surface area contributed by atoms with Gasteiger partial charge < -0.3 is 16.0 Å². The Morgan fingerprint density at radius 3 is 2.38 bits per heavy atom. The van der Waals surface area contributed by atoms with Gasteiger partial charge in [0.15, 0.2) is 5.82 Å². The number of nitrogens with one attached hydrogen (secondary N) is 1. The number of nitrogens with two attached hydrogens (primary N) is 1. The number of hydrogen-bond donors (Lipinski definition) is 2. The van der Waals surface area contributed by atoms with Crippen LogP contribution in [0.2, 0.25) is 0 Å². The van der Waals surface area contributed by atoms with Crippen molar-refractivity contribution in [2.24, 2.45) is 5.73 Å². The summed E-state index contributed by atoms with van der Waals surface area (Å²) in [6, 6.07) is 16.9. The zero-order chi connectivity index (χ0) is 26.5. The molecule has 2 aromatic heterocycles. The maximum Gasteiger partial charge on any atom is 0.287 e. The van der Waals surface area contributed by atoms with Crippen molar-refractivity contribution in [3.63, 3.8) is 0 Å². The van der Waals surface area contributed by atoms with Crippen molar-refractivity contribution in [1.82, 2.24) is 20.1 Å². The molecule has 37 heavy (non-hydrogen) atoms. The van der Waals surface area contributed by atoms with E-state index in [-0.39, 0.29) is 23.6 Å². The Balaban J connectivity index is 1.69. The Hall–Kier alpha value is -4.86. The van der Waals surface area contributed by atoms with Crippen molar-refractivity contribution in [2.75, 3.05) is 19.0 Å². The van der Waals surface area contributed by atoms with E-state index < -0.39 is 23.6 Å². The molecule has 2 amide bonds. The summed E-state index contributed by atoms with van der Waals surface area (Å²) in [4.78, 5) is 43.7. The molecule has 1 atom stereocenters. The van der Waals surface area contributed by atoms with Crippen molar-refractivity contribution in [2.45, 2.75) is 12.5 Å². The number of aromatic nitrogens is 3. The Morgan fingerprint density at radius 2 is 1.73 bits per heavy atom. The summed E-state index contributed by atoms with van der Waals surface area (Å²) < 4.78 is 14.9. The summed E-state index contributed by atoms with van der Waals surface area (Å²) in [6.45, 7) is 0. The van der Waals surface area contributed by atoms with Crippen molar-refractivity contribution in [1.29, 1.82) is 0 Å². The third kappa shape index (κ3) is 5.69. The van der Waals surface area contributed by atoms with E-state index >= 15 is 0 Å². The molecule has 0 saturated heterocycles. The SMILES string of the molecule is CN(C)c1cn(-c2ncccc2C(=O)NC(Cc2ccccc2)C(=O)C(N)=O)nc1-c1ccc(F)cc1. The highest BCUT2D eigenvalue weighted by Gasteiger charge is 2.27. The normalized spacial score (nSPS) is 11.5. The average Bonchev–Trinajstić information content (AvgIpc) is 3.34. The van der Waals surface area contributed by atoms with Gasteiger partial charge in [-0.15, -0.1) is 0 Å². The predicted molar refractivity (Wildman–Crippen MR) is 137 cm³/mol. The molecular formula is C27H25FN6O3. The first-order chi connectivity index (χ1) is 17.7. The lowest BCUT2D eigenvalue weighted by atomic mass is 10.0. The van der Waals surface area contributed by atoms with Crippen molar-refractivity contribution in [3.05, 3.63) is 96.1 Å². The molecule has 2 heterocycles. The second-order valence-corrected chi connectivity index (χ2v) is 8.53. The second-order valence-electron chi connectivity index (χ2n) is 8.53. The lowest BCUT2D eigenvalue weighted by Gasteiger charge is -2.17. The molecule has 0 spiro atoms. The topological polar surface area (TPSA) is 123 Å². The monoisotopic (exact) mass is 500 g/mol. The van der Waals surface area contributed by atoms with Gasteiger partial charge in [0.25, 0.3) is 11.8 Å². The van der Waals surface area contributed by atoms with Gasteiger partial charge in [0, 0.05) is 32.3 Å². The van der Waals surface area contributed by atoms with Crippen molar-refractivity contribution < 1.29 is 18.8 Å². The van der Waals surface area contributed by atoms with Gasteiger partial charge >= 0.3 is 0 Å². The molecule has 4 aromatic rings. The first-order valence-corrected chi connectivity index (χ1v) is 11.4. The summed E-state index contributed by atoms with van der Waals surface area (Å²) >= 11 is 0. The molecule has 10 heteroatoms. The summed E-state index contributed by atoms with van der Waals surface area (Å²) in [5, 5.41) is 7.26. The minimum atomic E-state index is -1.16. The second kappa shape index (κ2) is 10.8. The van der Waals surface area contributed by atoms with Crippen LogP contribution in [0.5, 0.6) is 0 Å². The predicted octanol–water partition coefficient (Wildman–Crippen LogP) is 2.53. The molecule has 1 unspecified atom stereocenters. The fraction of sp³-hybridized carbons (Fsp3) is 0.148. The molecule has 0 fully saturated rings. The highest BCUT2D eigenvalue weighted by molar-refractivity contribution is 6.38. The van der Waals surface area contributed by atoms with Crippen LogP contribution in [0.1, 0.15) is 15.9 Å². The molecule has 0 aliphatic heterocycles. The molecule has 0 radical (unpaired) electrons. The van der Waals surface area contributed by atoms with Crippen LogP contribution in [0.15, 0.2) is 79.1 Å². The minimum absolute atomic E-state index is 0.0885. The smallest absolute Gasteiger partial charge is 0.287 e. The fourth-order valence-corrected chi connectivity index (χ4v) is 3.84. The van der Waals surface area contributed by atoms with E-state index in [0.29, 0.717) is 11.3 Å². The Morgan fingerprint density at radius 1 is 1.03 bits per heavy atom. The number of halogens is 1. The zero-order valence-electron chi connectivity index (χ0n) is 20.3. The molecular weight excluding hydrogens is 475 g/mol. The maximum absolute atomic E-state index is 13.5. The van der Waals surface area contributed by atoms with E-state index in [1.165, 1.54) is 23.0 Å². The molecule has 188 valence electrons. The number of anilines is 1. The highest BCUT2D eigenvalue weighted by Crippen LogP contribution is 2.30. The number of pyridine rings is 1. The number of primary amides is 1. The number of hydrogen-bond acceptors (Lipinski definition) is 6. The van der Waals surface area contributed by atoms with Gasteiger partial charge in [-0.25, -0.2) is 14.1 Å². The van der Waals surface area contributed by atoms with Gasteiger partial charge in [0.05, 0.1) is 17.4 Å². The summed E-state index contributed by atoms with van der Waals surface area (Å²) in [5.41, 5.74) is 8.09. The van der Waals surface area contributed by atoms with Crippen molar-refractivity contribution >= 4 is 23.3 Å². The van der Waals surface area contributed by atoms with Crippen LogP contribution in [0.25, 0.3) is 17.1 Å². The van der Waals surface area contributed by atoms with E-state index in [4.69, 9.17) is 5.73 Å². The van der Waals surface area contributed by atoms with Crippen LogP contribution < -0.4 is 16.0 Å². The van der Waals surface area contributed by atoms with Gasteiger partial charge in [0.2, 0.25) is 5.78 Å². The largest absolute Gasteiger partial charge is 0.375 e. The zero-order valence-corrected chi connectivity index (χ0v) is 20.3. The van der Waals surface area contributed by atoms with Crippen LogP contribution in [-0.4, -0.2) is 52.5 Å². The lowest BCUT2D eigenvalue weighted by Crippen LogP contribution is -2.47. The standard InChI is InChI=1S/C27H25FN6O3/c1-33(2)22-16-34(32-23(22)18-10-12-19(28)13-11-18)26-20(9-6-14-30-26)27(37)31-21(24(35)25(29)36)15-17-7-4-3-5-8-17/h3-14,16,21H,15H2,1-2H3,(H2,29,36)(H,31,37). The molecule has 4 rings (SSSR count). The number of ketones is 1. The number of amides is 2. The lowest BCUT2D eigenvalue weighted by molar-refractivity contribution is -0.137. The average molecular weight is 501 g/mol. The first kappa shape index (κ1) is 25.2. The van der Waals surface area contributed by atoms with E-state index in [9.17, 15) is 18.8 Å². The molecule has 0 bridgehead atoms. The van der Waals surface area contributed by atoms with E-state index in [1.807, 2.05) is 25.1 Å². The van der Waals surface area contributed by atoms with E-state index in [1.54, 1.807) is 54.7 Å². The third-order valence-electron chi connectivity index (χ3n) is 5.69. The molecule has 3 N–H and O–H groups in total. The van der Waals surface area contributed by atoms with Crippen LogP contribution >= 0.6 is 0 Å². The van der Waals surface area contributed by atoms with Crippen molar-refractivity contribution in [3.8, 4) is 17.1 Å². The fourth-order valence-electron chi connectivity index (χ4n) is 3.84. The summed E-state index contributed by atoms with van der Waals surface area (Å²) in [5.74, 6) is -2.83. The maximum atomic E-state index is 13.5. The van der Waals surface area contributed by atoms with Gasteiger partial charge in [-0.2, -0.15) is 5.10 Å².